The average Bonchev–Trinajstić information content (AvgIpc) is 3.45. The molecule has 158 valence electrons. The van der Waals surface area contributed by atoms with Gasteiger partial charge in [0.1, 0.15) is 17.3 Å². The van der Waals surface area contributed by atoms with E-state index in [9.17, 15) is 18.9 Å². The highest BCUT2D eigenvalue weighted by Crippen LogP contribution is 2.38. The fourth-order valence-corrected chi connectivity index (χ4v) is 5.74. The molecule has 4 heterocycles. The van der Waals surface area contributed by atoms with Crippen molar-refractivity contribution in [2.75, 3.05) is 13.1 Å². The first-order valence-electron chi connectivity index (χ1n) is 9.82. The van der Waals surface area contributed by atoms with E-state index in [2.05, 4.69) is 27.2 Å². The summed E-state index contributed by atoms with van der Waals surface area (Å²) in [6.07, 6.45) is 6.77. The summed E-state index contributed by atoms with van der Waals surface area (Å²) in [5.41, 5.74) is 1.70. The maximum atomic E-state index is 12.9. The summed E-state index contributed by atoms with van der Waals surface area (Å²) in [6.45, 7) is 0.278. The number of nitrogens with zero attached hydrogens (tertiary/aromatic N) is 6. The monoisotopic (exact) mass is 443 g/mol. The van der Waals surface area contributed by atoms with E-state index in [-0.39, 0.29) is 24.4 Å². The van der Waals surface area contributed by atoms with Crippen LogP contribution in [0, 0.1) is 22.7 Å². The number of hydrogen-bond acceptors (Lipinski definition) is 6. The second-order valence-corrected chi connectivity index (χ2v) is 9.66. The van der Waals surface area contributed by atoms with Crippen LogP contribution in [0.1, 0.15) is 12.0 Å². The zero-order chi connectivity index (χ0) is 22.3. The molecule has 9 nitrogen and oxygen atoms in total. The Morgan fingerprint density at radius 1 is 1.12 bits per heavy atom. The zero-order valence-corrected chi connectivity index (χ0v) is 17.6. The first-order chi connectivity index (χ1) is 15.5. The van der Waals surface area contributed by atoms with Crippen molar-refractivity contribution in [1.29, 1.82) is 10.5 Å². The van der Waals surface area contributed by atoms with Crippen LogP contribution in [0.25, 0.3) is 22.2 Å². The Labute approximate surface area is 184 Å². The van der Waals surface area contributed by atoms with E-state index in [0.717, 1.165) is 5.39 Å². The summed E-state index contributed by atoms with van der Waals surface area (Å²) in [5.74, 6) is 0. The number of nitrogens with one attached hydrogen (secondary N) is 1. The molecule has 0 bridgehead atoms. The molecule has 0 unspecified atom stereocenters. The van der Waals surface area contributed by atoms with Crippen LogP contribution in [0.3, 0.4) is 0 Å². The number of nitriles is 2. The fourth-order valence-electron chi connectivity index (χ4n) is 4.12. The molecule has 1 fully saturated rings. The molecular weight excluding hydrogens is 426 g/mol. The molecule has 32 heavy (non-hydrogen) atoms. The fraction of sp³-hybridized carbons (Fsp3) is 0.182. The van der Waals surface area contributed by atoms with Crippen LogP contribution in [0.5, 0.6) is 0 Å². The number of benzene rings is 1. The van der Waals surface area contributed by atoms with Crippen LogP contribution >= 0.6 is 0 Å². The molecule has 5 rings (SSSR count). The van der Waals surface area contributed by atoms with Crippen LogP contribution in [-0.2, 0) is 15.6 Å². The van der Waals surface area contributed by atoms with Crippen molar-refractivity contribution in [3.63, 3.8) is 0 Å². The molecule has 1 aromatic carbocycles. The Balaban J connectivity index is 1.50. The molecule has 0 aliphatic carbocycles. The highest BCUT2D eigenvalue weighted by atomic mass is 32.2. The standard InChI is InChI=1S/C22H17N7O2S/c23-8-7-22(14-28(15-22)32(30,31)18-4-2-1-3-5-18)29-13-17(12-27-29)20-16(10-24)11-26-21-19(20)6-9-25-21/h1-6,9,11-13H,7,14-15H2,(H,25,26). The highest BCUT2D eigenvalue weighted by Gasteiger charge is 2.50. The third-order valence-corrected chi connectivity index (χ3v) is 7.60. The number of rotatable bonds is 5. The number of pyridine rings is 1. The van der Waals surface area contributed by atoms with Gasteiger partial charge in [-0.05, 0) is 18.2 Å². The second kappa shape index (κ2) is 7.31. The Bertz CT molecular complexity index is 1500. The van der Waals surface area contributed by atoms with Crippen LogP contribution in [-0.4, -0.2) is 45.6 Å². The molecule has 1 saturated heterocycles. The lowest BCUT2D eigenvalue weighted by Gasteiger charge is -2.47. The molecule has 1 N–H and O–H groups in total. The van der Waals surface area contributed by atoms with Crippen molar-refractivity contribution in [3.8, 4) is 23.3 Å². The van der Waals surface area contributed by atoms with E-state index in [0.29, 0.717) is 22.3 Å². The van der Waals surface area contributed by atoms with Gasteiger partial charge in [-0.2, -0.15) is 19.9 Å². The summed E-state index contributed by atoms with van der Waals surface area (Å²) < 4.78 is 28.9. The van der Waals surface area contributed by atoms with Gasteiger partial charge in [0, 0.05) is 48.2 Å². The molecular formula is C22H17N7O2S. The van der Waals surface area contributed by atoms with E-state index in [1.807, 2.05) is 6.07 Å². The van der Waals surface area contributed by atoms with E-state index in [1.165, 1.54) is 10.5 Å². The van der Waals surface area contributed by atoms with Crippen molar-refractivity contribution < 1.29 is 8.42 Å². The highest BCUT2D eigenvalue weighted by molar-refractivity contribution is 7.89. The van der Waals surface area contributed by atoms with Gasteiger partial charge in [-0.1, -0.05) is 18.2 Å². The minimum Gasteiger partial charge on any atom is -0.346 e. The maximum absolute atomic E-state index is 12.9. The van der Waals surface area contributed by atoms with E-state index in [1.54, 1.807) is 53.6 Å². The van der Waals surface area contributed by atoms with Crippen LogP contribution in [0.4, 0.5) is 0 Å². The van der Waals surface area contributed by atoms with Gasteiger partial charge < -0.3 is 4.98 Å². The van der Waals surface area contributed by atoms with Crippen LogP contribution in [0.15, 0.2) is 66.1 Å². The smallest absolute Gasteiger partial charge is 0.243 e. The number of fused-ring (bicyclic) bond motifs is 1. The summed E-state index contributed by atoms with van der Waals surface area (Å²) in [4.78, 5) is 7.51. The summed E-state index contributed by atoms with van der Waals surface area (Å²) in [6, 6.07) is 14.4. The SMILES string of the molecule is N#CCC1(n2cc(-c3c(C#N)cnc4[nH]ccc34)cn2)CN(S(=O)(=O)c2ccccc2)C1. The summed E-state index contributed by atoms with van der Waals surface area (Å²) >= 11 is 0. The van der Waals surface area contributed by atoms with Crippen molar-refractivity contribution in [3.05, 3.63) is 66.7 Å². The minimum atomic E-state index is -3.65. The number of sulfonamides is 1. The van der Waals surface area contributed by atoms with Gasteiger partial charge in [0.05, 0.1) is 29.1 Å². The van der Waals surface area contributed by atoms with E-state index >= 15 is 0 Å². The Kier molecular flexibility index (Phi) is 4.55. The quantitative estimate of drug-likeness (QED) is 0.504. The molecule has 10 heteroatoms. The summed E-state index contributed by atoms with van der Waals surface area (Å²) in [7, 11) is -3.65. The Morgan fingerprint density at radius 3 is 2.62 bits per heavy atom. The third kappa shape index (κ3) is 2.97. The summed E-state index contributed by atoms with van der Waals surface area (Å²) in [5, 5.41) is 24.3. The number of aromatic nitrogens is 4. The normalized spacial score (nSPS) is 15.7. The molecule has 0 spiro atoms. The van der Waals surface area contributed by atoms with Crippen molar-refractivity contribution >= 4 is 21.1 Å². The lowest BCUT2D eigenvalue weighted by molar-refractivity contribution is 0.0717. The van der Waals surface area contributed by atoms with Gasteiger partial charge in [0.15, 0.2) is 0 Å². The molecule has 0 radical (unpaired) electrons. The topological polar surface area (TPSA) is 131 Å². The van der Waals surface area contributed by atoms with Gasteiger partial charge in [-0.15, -0.1) is 0 Å². The van der Waals surface area contributed by atoms with Gasteiger partial charge in [0.2, 0.25) is 10.0 Å². The van der Waals surface area contributed by atoms with Crippen molar-refractivity contribution in [2.24, 2.45) is 0 Å². The van der Waals surface area contributed by atoms with Crippen molar-refractivity contribution in [2.45, 2.75) is 16.9 Å². The molecule has 4 aromatic rings. The molecule has 0 atom stereocenters. The minimum absolute atomic E-state index is 0.107. The lowest BCUT2D eigenvalue weighted by atomic mass is 9.89. The lowest BCUT2D eigenvalue weighted by Crippen LogP contribution is -2.64. The molecule has 0 amide bonds. The molecule has 1 aliphatic rings. The van der Waals surface area contributed by atoms with E-state index in [4.69, 9.17) is 0 Å². The molecule has 3 aromatic heterocycles. The Hall–Kier alpha value is -3.99. The van der Waals surface area contributed by atoms with Gasteiger partial charge in [0.25, 0.3) is 0 Å². The molecule has 1 aliphatic heterocycles. The first-order valence-corrected chi connectivity index (χ1v) is 11.3. The van der Waals surface area contributed by atoms with E-state index < -0.39 is 15.6 Å². The average molecular weight is 443 g/mol. The number of aromatic amines is 1. The number of H-pyrrole nitrogens is 1. The van der Waals surface area contributed by atoms with Gasteiger partial charge in [-0.3, -0.25) is 4.68 Å². The van der Waals surface area contributed by atoms with Gasteiger partial charge in [-0.25, -0.2) is 13.4 Å². The predicted octanol–water partition coefficient (Wildman–Crippen LogP) is 2.61. The van der Waals surface area contributed by atoms with Crippen LogP contribution in [0.2, 0.25) is 0 Å². The van der Waals surface area contributed by atoms with Gasteiger partial charge >= 0.3 is 0 Å². The van der Waals surface area contributed by atoms with Crippen LogP contribution < -0.4 is 0 Å². The predicted molar refractivity (Wildman–Crippen MR) is 115 cm³/mol. The zero-order valence-electron chi connectivity index (χ0n) is 16.8. The maximum Gasteiger partial charge on any atom is 0.243 e. The largest absolute Gasteiger partial charge is 0.346 e. The molecule has 0 saturated carbocycles. The third-order valence-electron chi connectivity index (χ3n) is 5.79. The number of hydrogen-bond donors (Lipinski definition) is 1. The van der Waals surface area contributed by atoms with Crippen molar-refractivity contribution in [1.82, 2.24) is 24.1 Å². The Morgan fingerprint density at radius 2 is 1.91 bits per heavy atom. The second-order valence-electron chi connectivity index (χ2n) is 7.72. The first kappa shape index (κ1) is 19.9.